The van der Waals surface area contributed by atoms with Gasteiger partial charge in [-0.15, -0.1) is 0 Å². The average Bonchev–Trinajstić information content (AvgIpc) is 2.62. The molecule has 1 aromatic heterocycles. The Bertz CT molecular complexity index is 900. The second-order valence-corrected chi connectivity index (χ2v) is 5.24. The van der Waals surface area contributed by atoms with Crippen LogP contribution >= 0.6 is 0 Å². The van der Waals surface area contributed by atoms with Crippen molar-refractivity contribution >= 4 is 17.7 Å². The van der Waals surface area contributed by atoms with Gasteiger partial charge < -0.3 is 15.2 Å². The highest BCUT2D eigenvalue weighted by Gasteiger charge is 2.20. The van der Waals surface area contributed by atoms with E-state index in [1.807, 2.05) is 0 Å². The number of carbonyl (C=O) groups excluding carboxylic acids is 2. The maximum Gasteiger partial charge on any atom is 0.340 e. The van der Waals surface area contributed by atoms with Crippen molar-refractivity contribution in [3.63, 3.8) is 0 Å². The van der Waals surface area contributed by atoms with E-state index in [9.17, 15) is 24.3 Å². The van der Waals surface area contributed by atoms with Crippen LogP contribution in [-0.2, 0) is 28.4 Å². The third-order valence-electron chi connectivity index (χ3n) is 3.48. The second kappa shape index (κ2) is 7.58. The molecule has 2 rings (SSSR count). The van der Waals surface area contributed by atoms with Crippen LogP contribution in [0.15, 0.2) is 46.0 Å². The van der Waals surface area contributed by atoms with Gasteiger partial charge in [0.25, 0.3) is 11.5 Å². The Kier molecular flexibility index (Phi) is 5.50. The van der Waals surface area contributed by atoms with Gasteiger partial charge in [0.05, 0.1) is 0 Å². The first-order chi connectivity index (χ1) is 11.8. The molecule has 0 aliphatic rings. The number of amides is 1. The number of hydrogen-bond donors (Lipinski definition) is 2. The van der Waals surface area contributed by atoms with Gasteiger partial charge in [0, 0.05) is 20.2 Å². The van der Waals surface area contributed by atoms with Gasteiger partial charge in [-0.05, 0) is 5.56 Å². The average molecular weight is 347 g/mol. The van der Waals surface area contributed by atoms with Crippen molar-refractivity contribution in [2.75, 3.05) is 11.9 Å². The van der Waals surface area contributed by atoms with Gasteiger partial charge in [-0.2, -0.15) is 0 Å². The fourth-order valence-corrected chi connectivity index (χ4v) is 2.02. The third-order valence-corrected chi connectivity index (χ3v) is 3.48. The zero-order chi connectivity index (χ0) is 18.6. The standard InChI is InChI=1S/C16H17N3O6/c1-18-11(8-13(21)19(2)16(18)24)17-12(20)9-25-15(23)14(22)10-6-4-3-5-7-10/h3-8,14,22H,9H2,1-2H3,(H,17,20). The molecule has 1 unspecified atom stereocenters. The van der Waals surface area contributed by atoms with Crippen molar-refractivity contribution in [1.29, 1.82) is 0 Å². The molecule has 132 valence electrons. The zero-order valence-electron chi connectivity index (χ0n) is 13.6. The van der Waals surface area contributed by atoms with Gasteiger partial charge in [-0.1, -0.05) is 30.3 Å². The molecule has 1 atom stereocenters. The summed E-state index contributed by atoms with van der Waals surface area (Å²) in [7, 11) is 2.69. The van der Waals surface area contributed by atoms with E-state index in [-0.39, 0.29) is 5.82 Å². The van der Waals surface area contributed by atoms with Gasteiger partial charge in [-0.25, -0.2) is 9.59 Å². The summed E-state index contributed by atoms with van der Waals surface area (Å²) in [6, 6.07) is 9.18. The summed E-state index contributed by atoms with van der Waals surface area (Å²) in [5.74, 6) is -1.77. The van der Waals surface area contributed by atoms with E-state index >= 15 is 0 Å². The van der Waals surface area contributed by atoms with Crippen molar-refractivity contribution in [2.24, 2.45) is 14.1 Å². The number of carbonyl (C=O) groups is 2. The van der Waals surface area contributed by atoms with Gasteiger partial charge in [0.1, 0.15) is 5.82 Å². The predicted octanol–water partition coefficient (Wildman–Crippen LogP) is -0.701. The number of nitrogens with zero attached hydrogens (tertiary/aromatic N) is 2. The molecule has 1 aromatic carbocycles. The summed E-state index contributed by atoms with van der Waals surface area (Å²) in [5, 5.41) is 12.1. The largest absolute Gasteiger partial charge is 0.453 e. The Morgan fingerprint density at radius 3 is 2.44 bits per heavy atom. The number of nitrogens with one attached hydrogen (secondary N) is 1. The molecular formula is C16H17N3O6. The summed E-state index contributed by atoms with van der Waals surface area (Å²) < 4.78 is 6.69. The number of rotatable bonds is 5. The van der Waals surface area contributed by atoms with Crippen LogP contribution in [0.5, 0.6) is 0 Å². The molecule has 0 spiro atoms. The number of aromatic nitrogens is 2. The lowest BCUT2D eigenvalue weighted by molar-refractivity contribution is -0.156. The zero-order valence-corrected chi connectivity index (χ0v) is 13.6. The Morgan fingerprint density at radius 2 is 1.80 bits per heavy atom. The van der Waals surface area contributed by atoms with Crippen molar-refractivity contribution in [2.45, 2.75) is 6.10 Å². The first-order valence-corrected chi connectivity index (χ1v) is 7.28. The monoisotopic (exact) mass is 347 g/mol. The van der Waals surface area contributed by atoms with Crippen LogP contribution < -0.4 is 16.6 Å². The molecule has 1 amide bonds. The van der Waals surface area contributed by atoms with Crippen LogP contribution in [0.3, 0.4) is 0 Å². The highest BCUT2D eigenvalue weighted by atomic mass is 16.5. The lowest BCUT2D eigenvalue weighted by atomic mass is 10.1. The van der Waals surface area contributed by atoms with Crippen LogP contribution in [0.1, 0.15) is 11.7 Å². The van der Waals surface area contributed by atoms with E-state index in [2.05, 4.69) is 5.32 Å². The molecule has 1 heterocycles. The fraction of sp³-hybridized carbons (Fsp3) is 0.250. The van der Waals surface area contributed by atoms with Crippen LogP contribution in [-0.4, -0.2) is 32.7 Å². The summed E-state index contributed by atoms with van der Waals surface area (Å²) in [4.78, 5) is 46.9. The van der Waals surface area contributed by atoms with Crippen LogP contribution in [0.25, 0.3) is 0 Å². The van der Waals surface area contributed by atoms with E-state index in [4.69, 9.17) is 4.74 Å². The minimum absolute atomic E-state index is 0.0299. The number of ether oxygens (including phenoxy) is 1. The number of anilines is 1. The molecule has 0 aliphatic carbocycles. The molecule has 0 fully saturated rings. The summed E-state index contributed by atoms with van der Waals surface area (Å²) >= 11 is 0. The maximum atomic E-state index is 11.8. The highest BCUT2D eigenvalue weighted by Crippen LogP contribution is 2.13. The summed E-state index contributed by atoms with van der Waals surface area (Å²) in [6.07, 6.45) is -1.51. The topological polar surface area (TPSA) is 120 Å². The van der Waals surface area contributed by atoms with Gasteiger partial charge in [0.2, 0.25) is 0 Å². The maximum absolute atomic E-state index is 11.8. The van der Waals surface area contributed by atoms with Gasteiger partial charge in [-0.3, -0.25) is 18.7 Å². The Balaban J connectivity index is 1.99. The van der Waals surface area contributed by atoms with E-state index in [0.717, 1.165) is 15.2 Å². The quantitative estimate of drug-likeness (QED) is 0.690. The normalized spacial score (nSPS) is 11.6. The molecule has 9 heteroatoms. The first kappa shape index (κ1) is 18.1. The van der Waals surface area contributed by atoms with Crippen molar-refractivity contribution in [1.82, 2.24) is 9.13 Å². The molecule has 0 aliphatic heterocycles. The summed E-state index contributed by atoms with van der Waals surface area (Å²) in [5.41, 5.74) is -0.865. The van der Waals surface area contributed by atoms with E-state index in [1.165, 1.54) is 14.1 Å². The number of aliphatic hydroxyl groups is 1. The van der Waals surface area contributed by atoms with Crippen molar-refractivity contribution < 1.29 is 19.4 Å². The predicted molar refractivity (Wildman–Crippen MR) is 87.9 cm³/mol. The molecular weight excluding hydrogens is 330 g/mol. The molecule has 0 saturated heterocycles. The SMILES string of the molecule is Cn1c(NC(=O)COC(=O)C(O)c2ccccc2)cc(=O)n(C)c1=O. The number of hydrogen-bond acceptors (Lipinski definition) is 6. The third kappa shape index (κ3) is 4.21. The highest BCUT2D eigenvalue weighted by molar-refractivity contribution is 5.92. The fourth-order valence-electron chi connectivity index (χ4n) is 2.02. The number of aliphatic hydroxyl groups excluding tert-OH is 1. The lowest BCUT2D eigenvalue weighted by Gasteiger charge is -2.12. The molecule has 0 radical (unpaired) electrons. The van der Waals surface area contributed by atoms with E-state index < -0.39 is 35.8 Å². The van der Waals surface area contributed by atoms with Crippen molar-refractivity contribution in [3.8, 4) is 0 Å². The van der Waals surface area contributed by atoms with Gasteiger partial charge in [0.15, 0.2) is 12.7 Å². The van der Waals surface area contributed by atoms with E-state index in [0.29, 0.717) is 5.56 Å². The smallest absolute Gasteiger partial charge is 0.340 e. The summed E-state index contributed by atoms with van der Waals surface area (Å²) in [6.45, 7) is -0.674. The minimum atomic E-state index is -1.51. The minimum Gasteiger partial charge on any atom is -0.453 e. The molecule has 2 N–H and O–H groups in total. The van der Waals surface area contributed by atoms with E-state index in [1.54, 1.807) is 30.3 Å². The van der Waals surface area contributed by atoms with Crippen LogP contribution in [0.2, 0.25) is 0 Å². The van der Waals surface area contributed by atoms with Gasteiger partial charge >= 0.3 is 11.7 Å². The lowest BCUT2D eigenvalue weighted by Crippen LogP contribution is -2.38. The Hall–Kier alpha value is -3.20. The second-order valence-electron chi connectivity index (χ2n) is 5.24. The van der Waals surface area contributed by atoms with Crippen molar-refractivity contribution in [3.05, 3.63) is 62.8 Å². The first-order valence-electron chi connectivity index (χ1n) is 7.28. The molecule has 0 saturated carbocycles. The number of benzene rings is 1. The molecule has 9 nitrogen and oxygen atoms in total. The Morgan fingerprint density at radius 1 is 1.16 bits per heavy atom. The molecule has 2 aromatic rings. The Labute approximate surface area is 142 Å². The molecule has 25 heavy (non-hydrogen) atoms. The molecule has 0 bridgehead atoms. The van der Waals surface area contributed by atoms with Crippen LogP contribution in [0.4, 0.5) is 5.82 Å². The van der Waals surface area contributed by atoms with Crippen LogP contribution in [0, 0.1) is 0 Å². The number of esters is 1.